The van der Waals surface area contributed by atoms with Gasteiger partial charge in [0.1, 0.15) is 17.7 Å². The van der Waals surface area contributed by atoms with Crippen molar-refractivity contribution in [3.05, 3.63) is 76.9 Å². The molecule has 37 heavy (non-hydrogen) atoms. The zero-order valence-electron chi connectivity index (χ0n) is 22.8. The second-order valence-electron chi connectivity index (χ2n) is 10.1. The standard InChI is InChI=1S/C29H39N3O4S/c1-9-16-32(27(34)23(17-37)30-28(35)36-29(6,7)8)25(22-15-11-12-18(2)21(22)5)26(33)31-24-19(3)13-10-14-20(24)4/h9-15,23,25,37H,1,16-17H2,2-8H3,(H,30,35)(H,31,33). The number of para-hydroxylation sites is 1. The Bertz CT molecular complexity index is 1140. The third kappa shape index (κ3) is 7.86. The summed E-state index contributed by atoms with van der Waals surface area (Å²) in [4.78, 5) is 41.7. The van der Waals surface area contributed by atoms with Crippen LogP contribution in [0.2, 0.25) is 0 Å². The number of hydrogen-bond acceptors (Lipinski definition) is 5. The van der Waals surface area contributed by atoms with Crippen molar-refractivity contribution in [2.75, 3.05) is 17.6 Å². The maximum atomic E-state index is 14.0. The van der Waals surface area contributed by atoms with Crippen molar-refractivity contribution in [3.63, 3.8) is 0 Å². The number of aryl methyl sites for hydroxylation is 3. The number of amides is 3. The summed E-state index contributed by atoms with van der Waals surface area (Å²) in [5, 5.41) is 5.65. The molecule has 0 bridgehead atoms. The van der Waals surface area contributed by atoms with E-state index in [1.54, 1.807) is 26.8 Å². The zero-order valence-corrected chi connectivity index (χ0v) is 23.7. The molecule has 2 aromatic rings. The molecule has 2 unspecified atom stereocenters. The number of hydrogen-bond donors (Lipinski definition) is 3. The minimum absolute atomic E-state index is 0.0176. The molecular weight excluding hydrogens is 486 g/mol. The summed E-state index contributed by atoms with van der Waals surface area (Å²) in [6, 6.07) is 9.44. The zero-order chi connectivity index (χ0) is 27.9. The number of carbonyl (C=O) groups is 3. The molecule has 2 N–H and O–H groups in total. The van der Waals surface area contributed by atoms with E-state index in [0.717, 1.165) is 22.3 Å². The molecule has 0 aliphatic heterocycles. The van der Waals surface area contributed by atoms with Crippen molar-refractivity contribution in [1.29, 1.82) is 0 Å². The lowest BCUT2D eigenvalue weighted by Crippen LogP contribution is -2.53. The number of nitrogens with zero attached hydrogens (tertiary/aromatic N) is 1. The van der Waals surface area contributed by atoms with Crippen LogP contribution in [0.5, 0.6) is 0 Å². The van der Waals surface area contributed by atoms with Crippen molar-refractivity contribution in [2.24, 2.45) is 0 Å². The molecule has 0 fully saturated rings. The van der Waals surface area contributed by atoms with E-state index < -0.39 is 29.7 Å². The Morgan fingerprint density at radius 2 is 1.59 bits per heavy atom. The van der Waals surface area contributed by atoms with E-state index >= 15 is 0 Å². The first-order valence-corrected chi connectivity index (χ1v) is 12.9. The first-order chi connectivity index (χ1) is 17.3. The summed E-state index contributed by atoms with van der Waals surface area (Å²) < 4.78 is 5.34. The number of anilines is 1. The van der Waals surface area contributed by atoms with Crippen molar-refractivity contribution < 1.29 is 19.1 Å². The summed E-state index contributed by atoms with van der Waals surface area (Å²) in [6.07, 6.45) is 0.826. The molecule has 2 atom stereocenters. The molecule has 0 aliphatic carbocycles. The molecule has 0 aliphatic rings. The van der Waals surface area contributed by atoms with Crippen molar-refractivity contribution in [2.45, 2.75) is 66.2 Å². The van der Waals surface area contributed by atoms with Crippen LogP contribution in [0.1, 0.15) is 54.6 Å². The Hall–Kier alpha value is -3.26. The minimum Gasteiger partial charge on any atom is -0.444 e. The van der Waals surface area contributed by atoms with Gasteiger partial charge in [0.25, 0.3) is 5.91 Å². The van der Waals surface area contributed by atoms with Gasteiger partial charge in [-0.05, 0) is 76.3 Å². The van der Waals surface area contributed by atoms with Gasteiger partial charge in [-0.2, -0.15) is 12.6 Å². The van der Waals surface area contributed by atoms with Crippen LogP contribution in [0, 0.1) is 27.7 Å². The van der Waals surface area contributed by atoms with Gasteiger partial charge in [0.05, 0.1) is 0 Å². The van der Waals surface area contributed by atoms with Gasteiger partial charge in [-0.25, -0.2) is 4.79 Å². The monoisotopic (exact) mass is 525 g/mol. The lowest BCUT2D eigenvalue weighted by Gasteiger charge is -2.34. The molecule has 3 amide bonds. The van der Waals surface area contributed by atoms with Crippen LogP contribution in [0.3, 0.4) is 0 Å². The molecule has 0 aromatic heterocycles. The van der Waals surface area contributed by atoms with Crippen LogP contribution >= 0.6 is 12.6 Å². The number of rotatable bonds is 9. The fraction of sp³-hybridized carbons (Fsp3) is 0.414. The van der Waals surface area contributed by atoms with E-state index in [-0.39, 0.29) is 18.2 Å². The number of thiol groups is 1. The Balaban J connectivity index is 2.55. The van der Waals surface area contributed by atoms with Crippen molar-refractivity contribution in [1.82, 2.24) is 10.2 Å². The highest BCUT2D eigenvalue weighted by atomic mass is 32.1. The lowest BCUT2D eigenvalue weighted by molar-refractivity contribution is -0.139. The fourth-order valence-electron chi connectivity index (χ4n) is 4.02. The molecule has 0 saturated carbocycles. The Labute approximate surface area is 226 Å². The number of ether oxygens (including phenoxy) is 1. The molecule has 0 spiro atoms. The van der Waals surface area contributed by atoms with Gasteiger partial charge < -0.3 is 20.3 Å². The fourth-order valence-corrected chi connectivity index (χ4v) is 4.27. The highest BCUT2D eigenvalue weighted by Gasteiger charge is 2.36. The van der Waals surface area contributed by atoms with E-state index in [1.807, 2.05) is 64.1 Å². The first kappa shape index (κ1) is 30.0. The molecular formula is C29H39N3O4S. The van der Waals surface area contributed by atoms with E-state index in [2.05, 4.69) is 29.8 Å². The van der Waals surface area contributed by atoms with Gasteiger partial charge in [-0.3, -0.25) is 9.59 Å². The minimum atomic E-state index is -1.02. The Morgan fingerprint density at radius 1 is 1.03 bits per heavy atom. The largest absolute Gasteiger partial charge is 0.444 e. The predicted molar refractivity (Wildman–Crippen MR) is 152 cm³/mol. The van der Waals surface area contributed by atoms with Gasteiger partial charge in [0.2, 0.25) is 5.91 Å². The predicted octanol–water partition coefficient (Wildman–Crippen LogP) is 5.44. The topological polar surface area (TPSA) is 87.7 Å². The summed E-state index contributed by atoms with van der Waals surface area (Å²) >= 11 is 4.31. The normalized spacial score (nSPS) is 12.8. The van der Waals surface area contributed by atoms with Gasteiger partial charge in [0.15, 0.2) is 0 Å². The molecule has 2 rings (SSSR count). The lowest BCUT2D eigenvalue weighted by atomic mass is 9.94. The molecule has 0 saturated heterocycles. The van der Waals surface area contributed by atoms with E-state index in [4.69, 9.17) is 4.74 Å². The molecule has 0 heterocycles. The quantitative estimate of drug-likeness (QED) is 0.301. The smallest absolute Gasteiger partial charge is 0.408 e. The Morgan fingerprint density at radius 3 is 2.14 bits per heavy atom. The molecule has 2 aromatic carbocycles. The van der Waals surface area contributed by atoms with Crippen LogP contribution in [-0.2, 0) is 14.3 Å². The van der Waals surface area contributed by atoms with E-state index in [1.165, 1.54) is 4.90 Å². The molecule has 200 valence electrons. The van der Waals surface area contributed by atoms with Crippen LogP contribution in [0.15, 0.2) is 49.1 Å². The third-order valence-electron chi connectivity index (χ3n) is 6.01. The first-order valence-electron chi connectivity index (χ1n) is 12.3. The summed E-state index contributed by atoms with van der Waals surface area (Å²) in [6.45, 7) is 16.8. The van der Waals surface area contributed by atoms with Crippen LogP contribution in [-0.4, -0.2) is 46.7 Å². The molecule has 7 nitrogen and oxygen atoms in total. The maximum absolute atomic E-state index is 14.0. The van der Waals surface area contributed by atoms with Gasteiger partial charge >= 0.3 is 6.09 Å². The average molecular weight is 526 g/mol. The number of benzene rings is 2. The second-order valence-corrected chi connectivity index (χ2v) is 10.5. The Kier molecular flexibility index (Phi) is 10.4. The number of nitrogens with one attached hydrogen (secondary N) is 2. The van der Waals surface area contributed by atoms with Crippen LogP contribution < -0.4 is 10.6 Å². The van der Waals surface area contributed by atoms with Crippen LogP contribution in [0.4, 0.5) is 10.5 Å². The summed E-state index contributed by atoms with van der Waals surface area (Å²) in [7, 11) is 0. The van der Waals surface area contributed by atoms with E-state index in [9.17, 15) is 14.4 Å². The van der Waals surface area contributed by atoms with Crippen LogP contribution in [0.25, 0.3) is 0 Å². The van der Waals surface area contributed by atoms with E-state index in [0.29, 0.717) is 11.3 Å². The second kappa shape index (κ2) is 12.8. The number of alkyl carbamates (subject to hydrolysis) is 1. The van der Waals surface area contributed by atoms with Crippen molar-refractivity contribution >= 4 is 36.2 Å². The maximum Gasteiger partial charge on any atom is 0.408 e. The van der Waals surface area contributed by atoms with Gasteiger partial charge in [-0.1, -0.05) is 42.5 Å². The van der Waals surface area contributed by atoms with Gasteiger partial charge in [-0.15, -0.1) is 6.58 Å². The molecule has 8 heteroatoms. The van der Waals surface area contributed by atoms with Gasteiger partial charge in [0, 0.05) is 18.0 Å². The molecule has 0 radical (unpaired) electrons. The average Bonchev–Trinajstić information content (AvgIpc) is 2.80. The summed E-state index contributed by atoms with van der Waals surface area (Å²) in [5.41, 5.74) is 4.37. The SMILES string of the molecule is C=CCN(C(=O)C(CS)NC(=O)OC(C)(C)C)C(C(=O)Nc1c(C)cccc1C)c1cccc(C)c1C. The highest BCUT2D eigenvalue weighted by Crippen LogP contribution is 2.30. The number of carbonyl (C=O) groups excluding carboxylic acids is 3. The summed E-state index contributed by atoms with van der Waals surface area (Å²) in [5.74, 6) is -0.816. The third-order valence-corrected chi connectivity index (χ3v) is 6.38. The highest BCUT2D eigenvalue weighted by molar-refractivity contribution is 7.80. The van der Waals surface area contributed by atoms with Crippen molar-refractivity contribution in [3.8, 4) is 0 Å².